The minimum absolute atomic E-state index is 0.129. The van der Waals surface area contributed by atoms with Crippen molar-refractivity contribution >= 4 is 34.4 Å². The van der Waals surface area contributed by atoms with Gasteiger partial charge in [-0.2, -0.15) is 0 Å². The first-order valence-corrected chi connectivity index (χ1v) is 7.25. The molecule has 0 saturated carbocycles. The van der Waals surface area contributed by atoms with Gasteiger partial charge in [-0.3, -0.25) is 14.6 Å². The number of hydrogen-bond donors (Lipinski definition) is 2. The number of carbonyl (C=O) groups excluding carboxylic acids is 2. The van der Waals surface area contributed by atoms with E-state index in [1.165, 1.54) is 0 Å². The average molecular weight is 325 g/mol. The van der Waals surface area contributed by atoms with Crippen molar-refractivity contribution in [2.75, 3.05) is 11.9 Å². The van der Waals surface area contributed by atoms with Crippen LogP contribution in [-0.2, 0) is 9.59 Å². The highest BCUT2D eigenvalue weighted by Crippen LogP contribution is 2.23. The molecule has 1 atom stereocenters. The normalized spacial score (nSPS) is 19.1. The maximum absolute atomic E-state index is 13.4. The van der Waals surface area contributed by atoms with E-state index in [0.717, 1.165) is 23.9 Å². The highest BCUT2D eigenvalue weighted by molar-refractivity contribution is 8.15. The zero-order valence-corrected chi connectivity index (χ0v) is 12.3. The Labute approximate surface area is 129 Å². The standard InChI is InChI=1S/C14H13F2N3O2S/c1-2-5-17-14-19-13(21)11(22-14)7-12(20)18-10-4-3-8(15)6-9(10)16/h2-4,6,11H,1,5,7H2,(H,18,20)(H,17,19,21). The lowest BCUT2D eigenvalue weighted by molar-refractivity contribution is -0.122. The molecule has 1 aromatic carbocycles. The van der Waals surface area contributed by atoms with Crippen molar-refractivity contribution in [2.45, 2.75) is 11.7 Å². The van der Waals surface area contributed by atoms with Crippen molar-refractivity contribution in [1.29, 1.82) is 0 Å². The van der Waals surface area contributed by atoms with Gasteiger partial charge in [0, 0.05) is 12.5 Å². The van der Waals surface area contributed by atoms with Crippen LogP contribution in [0.2, 0.25) is 0 Å². The van der Waals surface area contributed by atoms with Crippen LogP contribution >= 0.6 is 11.8 Å². The number of amidine groups is 1. The summed E-state index contributed by atoms with van der Waals surface area (Å²) in [6, 6.07) is 2.84. The summed E-state index contributed by atoms with van der Waals surface area (Å²) >= 11 is 1.13. The molecular formula is C14H13F2N3O2S. The zero-order valence-electron chi connectivity index (χ0n) is 11.4. The summed E-state index contributed by atoms with van der Waals surface area (Å²) < 4.78 is 26.2. The van der Waals surface area contributed by atoms with Crippen LogP contribution < -0.4 is 10.6 Å². The Morgan fingerprint density at radius 1 is 1.50 bits per heavy atom. The highest BCUT2D eigenvalue weighted by atomic mass is 32.2. The van der Waals surface area contributed by atoms with Crippen LogP contribution in [-0.4, -0.2) is 28.8 Å². The van der Waals surface area contributed by atoms with Crippen molar-refractivity contribution in [3.8, 4) is 0 Å². The van der Waals surface area contributed by atoms with Crippen LogP contribution in [0.5, 0.6) is 0 Å². The molecule has 1 heterocycles. The van der Waals surface area contributed by atoms with Crippen molar-refractivity contribution < 1.29 is 18.4 Å². The Bertz CT molecular complexity index is 649. The molecule has 1 fully saturated rings. The van der Waals surface area contributed by atoms with Gasteiger partial charge in [0.1, 0.15) is 16.9 Å². The number of thioether (sulfide) groups is 1. The first kappa shape index (κ1) is 16.2. The third-order valence-corrected chi connectivity index (χ3v) is 3.84. The summed E-state index contributed by atoms with van der Waals surface area (Å²) in [7, 11) is 0. The van der Waals surface area contributed by atoms with E-state index in [2.05, 4.69) is 22.2 Å². The Hall–Kier alpha value is -2.22. The lowest BCUT2D eigenvalue weighted by atomic mass is 10.2. The van der Waals surface area contributed by atoms with E-state index < -0.39 is 22.8 Å². The SMILES string of the molecule is C=CCN=C1NC(=O)C(CC(=O)Nc2ccc(F)cc2F)S1. The topological polar surface area (TPSA) is 70.6 Å². The molecule has 1 saturated heterocycles. The summed E-state index contributed by atoms with van der Waals surface area (Å²) in [5.41, 5.74) is -0.129. The monoisotopic (exact) mass is 325 g/mol. The summed E-state index contributed by atoms with van der Waals surface area (Å²) in [5.74, 6) is -2.47. The number of benzene rings is 1. The molecule has 0 bridgehead atoms. The molecule has 2 rings (SSSR count). The Balaban J connectivity index is 1.95. The molecule has 8 heteroatoms. The Morgan fingerprint density at radius 3 is 2.95 bits per heavy atom. The van der Waals surface area contributed by atoms with Gasteiger partial charge in [0.05, 0.1) is 12.2 Å². The van der Waals surface area contributed by atoms with Crippen molar-refractivity contribution in [1.82, 2.24) is 5.32 Å². The predicted octanol–water partition coefficient (Wildman–Crippen LogP) is 2.07. The largest absolute Gasteiger partial charge is 0.324 e. The van der Waals surface area contributed by atoms with Crippen molar-refractivity contribution in [3.63, 3.8) is 0 Å². The summed E-state index contributed by atoms with van der Waals surface area (Å²) in [5, 5.41) is 4.66. The van der Waals surface area contributed by atoms with Crippen LogP contribution in [0.3, 0.4) is 0 Å². The van der Waals surface area contributed by atoms with E-state index in [-0.39, 0.29) is 18.0 Å². The summed E-state index contributed by atoms with van der Waals surface area (Å²) in [6.07, 6.45) is 1.44. The quantitative estimate of drug-likeness (QED) is 0.814. The minimum Gasteiger partial charge on any atom is -0.324 e. The smallest absolute Gasteiger partial charge is 0.240 e. The first-order valence-electron chi connectivity index (χ1n) is 6.37. The number of halogens is 2. The van der Waals surface area contributed by atoms with Gasteiger partial charge in [-0.15, -0.1) is 6.58 Å². The lowest BCUT2D eigenvalue weighted by Gasteiger charge is -2.08. The molecule has 0 aliphatic carbocycles. The first-order chi connectivity index (χ1) is 10.5. The third kappa shape index (κ3) is 4.14. The molecule has 2 amide bonds. The van der Waals surface area contributed by atoms with E-state index in [1.807, 2.05) is 0 Å². The highest BCUT2D eigenvalue weighted by Gasteiger charge is 2.32. The molecule has 0 spiro atoms. The van der Waals surface area contributed by atoms with E-state index in [0.29, 0.717) is 17.8 Å². The lowest BCUT2D eigenvalue weighted by Crippen LogP contribution is -2.28. The number of aliphatic imine (C=N–C) groups is 1. The molecule has 1 unspecified atom stereocenters. The van der Waals surface area contributed by atoms with E-state index >= 15 is 0 Å². The second kappa shape index (κ2) is 7.17. The summed E-state index contributed by atoms with van der Waals surface area (Å²) in [6.45, 7) is 3.88. The van der Waals surface area contributed by atoms with Gasteiger partial charge in [-0.1, -0.05) is 17.8 Å². The fourth-order valence-corrected chi connectivity index (χ4v) is 2.70. The molecule has 1 aromatic rings. The van der Waals surface area contributed by atoms with Crippen LogP contribution in [0.4, 0.5) is 14.5 Å². The molecular weight excluding hydrogens is 312 g/mol. The van der Waals surface area contributed by atoms with Gasteiger partial charge in [-0.05, 0) is 12.1 Å². The molecule has 116 valence electrons. The van der Waals surface area contributed by atoms with Crippen LogP contribution in [0, 0.1) is 11.6 Å². The van der Waals surface area contributed by atoms with Gasteiger partial charge in [-0.25, -0.2) is 8.78 Å². The van der Waals surface area contributed by atoms with Gasteiger partial charge in [0.15, 0.2) is 5.17 Å². The Morgan fingerprint density at radius 2 is 2.27 bits per heavy atom. The second-order valence-corrected chi connectivity index (χ2v) is 5.60. The summed E-state index contributed by atoms with van der Waals surface area (Å²) in [4.78, 5) is 27.6. The number of rotatable bonds is 5. The van der Waals surface area contributed by atoms with E-state index in [1.54, 1.807) is 6.08 Å². The number of nitrogens with one attached hydrogen (secondary N) is 2. The predicted molar refractivity (Wildman–Crippen MR) is 81.6 cm³/mol. The van der Waals surface area contributed by atoms with E-state index in [4.69, 9.17) is 0 Å². The third-order valence-electron chi connectivity index (χ3n) is 2.72. The maximum Gasteiger partial charge on any atom is 0.240 e. The fraction of sp³-hybridized carbons (Fsp3) is 0.214. The van der Waals surface area contributed by atoms with Gasteiger partial charge >= 0.3 is 0 Å². The number of amides is 2. The number of carbonyl (C=O) groups is 2. The molecule has 1 aliphatic rings. The van der Waals surface area contributed by atoms with E-state index in [9.17, 15) is 18.4 Å². The Kier molecular flexibility index (Phi) is 5.26. The maximum atomic E-state index is 13.4. The van der Waals surface area contributed by atoms with Crippen molar-refractivity contribution in [3.05, 3.63) is 42.5 Å². The average Bonchev–Trinajstić information content (AvgIpc) is 2.80. The van der Waals surface area contributed by atoms with Crippen LogP contribution in [0.1, 0.15) is 6.42 Å². The molecule has 5 nitrogen and oxygen atoms in total. The van der Waals surface area contributed by atoms with Crippen LogP contribution in [0.25, 0.3) is 0 Å². The van der Waals surface area contributed by atoms with Gasteiger partial charge in [0.2, 0.25) is 11.8 Å². The minimum atomic E-state index is -0.870. The van der Waals surface area contributed by atoms with Gasteiger partial charge in [0.25, 0.3) is 0 Å². The fourth-order valence-electron chi connectivity index (χ4n) is 1.72. The molecule has 22 heavy (non-hydrogen) atoms. The molecule has 2 N–H and O–H groups in total. The number of anilines is 1. The van der Waals surface area contributed by atoms with Gasteiger partial charge < -0.3 is 10.6 Å². The number of nitrogens with zero attached hydrogens (tertiary/aromatic N) is 1. The zero-order chi connectivity index (χ0) is 16.1. The molecule has 1 aliphatic heterocycles. The van der Waals surface area contributed by atoms with Crippen LogP contribution in [0.15, 0.2) is 35.8 Å². The number of hydrogen-bond acceptors (Lipinski definition) is 4. The second-order valence-electron chi connectivity index (χ2n) is 4.41. The van der Waals surface area contributed by atoms with Crippen molar-refractivity contribution in [2.24, 2.45) is 4.99 Å². The molecule has 0 radical (unpaired) electrons. The molecule has 0 aromatic heterocycles.